The van der Waals surface area contributed by atoms with Crippen molar-refractivity contribution in [3.8, 4) is 0 Å². The number of piperidine rings is 1. The van der Waals surface area contributed by atoms with Crippen LogP contribution in [0.2, 0.25) is 0 Å². The zero-order valence-electron chi connectivity index (χ0n) is 13.7. The van der Waals surface area contributed by atoms with Crippen molar-refractivity contribution in [1.82, 2.24) is 10.6 Å². The van der Waals surface area contributed by atoms with Gasteiger partial charge in [-0.2, -0.15) is 0 Å². The second-order valence-electron chi connectivity index (χ2n) is 6.01. The SMILES string of the molecule is COCc1c(C(=O)NC2CCNCC2C)sc2cccc(F)c12.Cl. The molecular weight excluding hydrogens is 351 g/mol. The molecule has 0 aliphatic carbocycles. The number of amides is 1. The first-order valence-electron chi connectivity index (χ1n) is 7.82. The molecule has 3 rings (SSSR count). The van der Waals surface area contributed by atoms with E-state index in [1.807, 2.05) is 6.07 Å². The monoisotopic (exact) mass is 372 g/mol. The van der Waals surface area contributed by atoms with Gasteiger partial charge in [0.1, 0.15) is 5.82 Å². The van der Waals surface area contributed by atoms with E-state index in [2.05, 4.69) is 17.6 Å². The Bertz CT molecular complexity index is 722. The standard InChI is InChI=1S/C17H21FN2O2S.ClH/c1-10-8-19-7-6-13(10)20-17(21)16-11(9-22-2)15-12(18)4-3-5-14(15)23-16;/h3-5,10,13,19H,6-9H2,1-2H3,(H,20,21);1H. The second kappa shape index (κ2) is 8.25. The summed E-state index contributed by atoms with van der Waals surface area (Å²) >= 11 is 1.33. The van der Waals surface area contributed by atoms with Crippen molar-refractivity contribution in [3.63, 3.8) is 0 Å². The van der Waals surface area contributed by atoms with Gasteiger partial charge in [0, 0.05) is 28.8 Å². The normalized spacial score (nSPS) is 20.6. The Morgan fingerprint density at radius 3 is 3.00 bits per heavy atom. The third-order valence-electron chi connectivity index (χ3n) is 4.36. The highest BCUT2D eigenvalue weighted by Gasteiger charge is 2.26. The summed E-state index contributed by atoms with van der Waals surface area (Å²) in [5.41, 5.74) is 0.643. The first kappa shape index (κ1) is 19.1. The molecule has 2 atom stereocenters. The van der Waals surface area contributed by atoms with Gasteiger partial charge in [-0.3, -0.25) is 4.79 Å². The number of nitrogens with one attached hydrogen (secondary N) is 2. The first-order chi connectivity index (χ1) is 11.1. The summed E-state index contributed by atoms with van der Waals surface area (Å²) in [5, 5.41) is 6.94. The van der Waals surface area contributed by atoms with Gasteiger partial charge in [-0.25, -0.2) is 4.39 Å². The summed E-state index contributed by atoms with van der Waals surface area (Å²) in [6, 6.07) is 5.08. The lowest BCUT2D eigenvalue weighted by atomic mass is 9.95. The summed E-state index contributed by atoms with van der Waals surface area (Å²) in [5.74, 6) is -0.0545. The maximum absolute atomic E-state index is 14.2. The quantitative estimate of drug-likeness (QED) is 0.865. The van der Waals surface area contributed by atoms with E-state index in [1.165, 1.54) is 17.4 Å². The molecule has 1 aromatic carbocycles. The Kier molecular flexibility index (Phi) is 6.57. The van der Waals surface area contributed by atoms with Crippen molar-refractivity contribution in [2.24, 2.45) is 5.92 Å². The highest BCUT2D eigenvalue weighted by molar-refractivity contribution is 7.21. The Balaban J connectivity index is 0.00000208. The van der Waals surface area contributed by atoms with Crippen molar-refractivity contribution in [2.75, 3.05) is 20.2 Å². The molecule has 0 saturated carbocycles. The van der Waals surface area contributed by atoms with Crippen LogP contribution >= 0.6 is 23.7 Å². The van der Waals surface area contributed by atoms with E-state index in [0.29, 0.717) is 21.7 Å². The van der Waals surface area contributed by atoms with Crippen molar-refractivity contribution in [2.45, 2.75) is 26.0 Å². The molecule has 1 aromatic heterocycles. The smallest absolute Gasteiger partial charge is 0.261 e. The fourth-order valence-corrected chi connectivity index (χ4v) is 4.22. The van der Waals surface area contributed by atoms with Gasteiger partial charge in [-0.1, -0.05) is 13.0 Å². The fraction of sp³-hybridized carbons (Fsp3) is 0.471. The van der Waals surface area contributed by atoms with Gasteiger partial charge >= 0.3 is 0 Å². The Labute approximate surface area is 151 Å². The third kappa shape index (κ3) is 3.72. The zero-order chi connectivity index (χ0) is 16.4. The lowest BCUT2D eigenvalue weighted by Crippen LogP contribution is -2.48. The van der Waals surface area contributed by atoms with E-state index in [4.69, 9.17) is 4.74 Å². The van der Waals surface area contributed by atoms with Crippen LogP contribution in [-0.2, 0) is 11.3 Å². The van der Waals surface area contributed by atoms with Crippen LogP contribution < -0.4 is 10.6 Å². The van der Waals surface area contributed by atoms with Crippen LogP contribution in [-0.4, -0.2) is 32.1 Å². The molecule has 0 radical (unpaired) electrons. The fourth-order valence-electron chi connectivity index (χ4n) is 3.10. The number of hydrogen-bond acceptors (Lipinski definition) is 4. The molecule has 2 unspecified atom stereocenters. The minimum atomic E-state index is -0.305. The number of rotatable bonds is 4. The predicted molar refractivity (Wildman–Crippen MR) is 97.6 cm³/mol. The molecule has 132 valence electrons. The molecule has 0 bridgehead atoms. The topological polar surface area (TPSA) is 50.4 Å². The Hall–Kier alpha value is -1.21. The molecule has 2 N–H and O–H groups in total. The molecule has 7 heteroatoms. The van der Waals surface area contributed by atoms with Crippen molar-refractivity contribution in [1.29, 1.82) is 0 Å². The number of benzene rings is 1. The van der Waals surface area contributed by atoms with E-state index >= 15 is 0 Å². The molecule has 2 heterocycles. The first-order valence-corrected chi connectivity index (χ1v) is 8.64. The molecule has 1 fully saturated rings. The summed E-state index contributed by atoms with van der Waals surface area (Å²) in [7, 11) is 1.56. The van der Waals surface area contributed by atoms with E-state index < -0.39 is 0 Å². The van der Waals surface area contributed by atoms with Gasteiger partial charge in [0.05, 0.1) is 11.5 Å². The van der Waals surface area contributed by atoms with Gasteiger partial charge in [0.25, 0.3) is 5.91 Å². The molecule has 1 aliphatic heterocycles. The van der Waals surface area contributed by atoms with E-state index in [1.54, 1.807) is 13.2 Å². The molecule has 0 spiro atoms. The van der Waals surface area contributed by atoms with Crippen LogP contribution in [0.25, 0.3) is 10.1 Å². The molecule has 1 aliphatic rings. The van der Waals surface area contributed by atoms with Gasteiger partial charge in [0.2, 0.25) is 0 Å². The largest absolute Gasteiger partial charge is 0.380 e. The lowest BCUT2D eigenvalue weighted by molar-refractivity contribution is 0.0914. The van der Waals surface area contributed by atoms with Gasteiger partial charge in [0.15, 0.2) is 0 Å². The molecule has 2 aromatic rings. The van der Waals surface area contributed by atoms with Crippen molar-refractivity contribution in [3.05, 3.63) is 34.5 Å². The van der Waals surface area contributed by atoms with Gasteiger partial charge < -0.3 is 15.4 Å². The molecule has 4 nitrogen and oxygen atoms in total. The summed E-state index contributed by atoms with van der Waals surface area (Å²) < 4.78 is 20.2. The minimum absolute atomic E-state index is 0. The number of carbonyl (C=O) groups excluding carboxylic acids is 1. The van der Waals surface area contributed by atoms with Crippen molar-refractivity contribution >= 4 is 39.7 Å². The van der Waals surface area contributed by atoms with Crippen LogP contribution in [0, 0.1) is 11.7 Å². The number of thiophene rings is 1. The summed E-state index contributed by atoms with van der Waals surface area (Å²) in [6.07, 6.45) is 0.909. The molecule has 1 saturated heterocycles. The summed E-state index contributed by atoms with van der Waals surface area (Å²) in [6.45, 7) is 4.15. The minimum Gasteiger partial charge on any atom is -0.380 e. The van der Waals surface area contributed by atoms with Gasteiger partial charge in [-0.15, -0.1) is 23.7 Å². The van der Waals surface area contributed by atoms with E-state index in [0.717, 1.165) is 24.2 Å². The lowest BCUT2D eigenvalue weighted by Gasteiger charge is -2.30. The number of hydrogen-bond donors (Lipinski definition) is 2. The average Bonchev–Trinajstić information content (AvgIpc) is 2.90. The number of halogens is 2. The van der Waals surface area contributed by atoms with E-state index in [9.17, 15) is 9.18 Å². The molecular formula is C17H22ClFN2O2S. The second-order valence-corrected chi connectivity index (χ2v) is 7.06. The van der Waals surface area contributed by atoms with Crippen LogP contribution in [0.1, 0.15) is 28.6 Å². The molecule has 1 amide bonds. The van der Waals surface area contributed by atoms with Gasteiger partial charge in [-0.05, 0) is 37.6 Å². The Morgan fingerprint density at radius 2 is 2.29 bits per heavy atom. The van der Waals surface area contributed by atoms with Crippen LogP contribution in [0.3, 0.4) is 0 Å². The number of carbonyl (C=O) groups is 1. The highest BCUT2D eigenvalue weighted by atomic mass is 35.5. The van der Waals surface area contributed by atoms with Crippen molar-refractivity contribution < 1.29 is 13.9 Å². The number of fused-ring (bicyclic) bond motifs is 1. The molecule has 24 heavy (non-hydrogen) atoms. The number of methoxy groups -OCH3 is 1. The number of ether oxygens (including phenoxy) is 1. The third-order valence-corrected chi connectivity index (χ3v) is 5.56. The van der Waals surface area contributed by atoms with Crippen LogP contribution in [0.4, 0.5) is 4.39 Å². The van der Waals surface area contributed by atoms with Crippen LogP contribution in [0.15, 0.2) is 18.2 Å². The van der Waals surface area contributed by atoms with Crippen LogP contribution in [0.5, 0.6) is 0 Å². The predicted octanol–water partition coefficient (Wildman–Crippen LogP) is 3.34. The van der Waals surface area contributed by atoms with E-state index in [-0.39, 0.29) is 36.8 Å². The Morgan fingerprint density at radius 1 is 1.50 bits per heavy atom. The maximum Gasteiger partial charge on any atom is 0.261 e. The maximum atomic E-state index is 14.2. The summed E-state index contributed by atoms with van der Waals surface area (Å²) in [4.78, 5) is 13.3. The highest BCUT2D eigenvalue weighted by Crippen LogP contribution is 2.34. The zero-order valence-corrected chi connectivity index (χ0v) is 15.4. The average molecular weight is 373 g/mol.